The van der Waals surface area contributed by atoms with Crippen LogP contribution >= 0.6 is 0 Å². The van der Waals surface area contributed by atoms with Gasteiger partial charge in [-0.1, -0.05) is 317 Å². The van der Waals surface area contributed by atoms with Crippen LogP contribution in [0.4, 0.5) is 0 Å². The lowest BCUT2D eigenvalue weighted by Gasteiger charge is -2.18. The van der Waals surface area contributed by atoms with Crippen LogP contribution in [-0.4, -0.2) is 37.2 Å². The van der Waals surface area contributed by atoms with Crippen LogP contribution in [0, 0.1) is 5.92 Å². The van der Waals surface area contributed by atoms with Crippen molar-refractivity contribution in [3.8, 4) is 0 Å². The monoisotopic (exact) mass is 961 g/mol. The van der Waals surface area contributed by atoms with E-state index in [2.05, 4.69) is 27.7 Å². The molecular weight excluding hydrogens is 841 g/mol. The van der Waals surface area contributed by atoms with Crippen LogP contribution in [0.1, 0.15) is 355 Å². The van der Waals surface area contributed by atoms with Gasteiger partial charge in [0.25, 0.3) is 0 Å². The summed E-state index contributed by atoms with van der Waals surface area (Å²) < 4.78 is 16.9. The summed E-state index contributed by atoms with van der Waals surface area (Å²) in [7, 11) is 0. The van der Waals surface area contributed by atoms with Gasteiger partial charge in [0.05, 0.1) is 0 Å². The summed E-state index contributed by atoms with van der Waals surface area (Å²) in [4.78, 5) is 38.2. The third kappa shape index (κ3) is 55.3. The van der Waals surface area contributed by atoms with Crippen molar-refractivity contribution < 1.29 is 28.6 Å². The fourth-order valence-electron chi connectivity index (χ4n) is 9.63. The van der Waals surface area contributed by atoms with E-state index in [9.17, 15) is 14.4 Å². The van der Waals surface area contributed by atoms with E-state index in [1.54, 1.807) is 0 Å². The summed E-state index contributed by atoms with van der Waals surface area (Å²) >= 11 is 0. The summed E-state index contributed by atoms with van der Waals surface area (Å²) in [5, 5.41) is 0. The van der Waals surface area contributed by atoms with Crippen molar-refractivity contribution in [1.29, 1.82) is 0 Å². The SMILES string of the molecule is CCCCCCCCCCCCCCCCCCC(=O)OC[C@@H](COC(=O)CCCCCCCCCCCCCCCCCC(C)C)OC(=O)CCCCCCCCCCCCCCCCCC. The van der Waals surface area contributed by atoms with Crippen molar-refractivity contribution >= 4 is 17.9 Å². The number of unbranched alkanes of at least 4 members (excludes halogenated alkanes) is 44. The molecule has 0 aromatic rings. The van der Waals surface area contributed by atoms with Gasteiger partial charge in [-0.25, -0.2) is 0 Å². The third-order valence-corrected chi connectivity index (χ3v) is 14.3. The minimum atomic E-state index is -0.762. The maximum Gasteiger partial charge on any atom is 0.306 e. The smallest absolute Gasteiger partial charge is 0.306 e. The molecule has 0 rings (SSSR count). The second kappa shape index (κ2) is 56.3. The summed E-state index contributed by atoms with van der Waals surface area (Å²) in [5.41, 5.74) is 0. The van der Waals surface area contributed by atoms with Gasteiger partial charge in [-0.3, -0.25) is 14.4 Å². The number of carbonyl (C=O) groups excluding carboxylic acids is 3. The molecule has 68 heavy (non-hydrogen) atoms. The van der Waals surface area contributed by atoms with Crippen molar-refractivity contribution in [2.75, 3.05) is 13.2 Å². The normalized spacial score (nSPS) is 12.0. The number of rotatable bonds is 57. The van der Waals surface area contributed by atoms with Gasteiger partial charge in [0.2, 0.25) is 0 Å². The van der Waals surface area contributed by atoms with Crippen LogP contribution in [0.2, 0.25) is 0 Å². The summed E-state index contributed by atoms with van der Waals surface area (Å²) in [5.74, 6) is 0.0199. The molecule has 0 amide bonds. The molecule has 0 radical (unpaired) electrons. The molecule has 0 aromatic carbocycles. The van der Waals surface area contributed by atoms with Gasteiger partial charge in [-0.15, -0.1) is 0 Å². The fraction of sp³-hybridized carbons (Fsp3) is 0.952. The molecular formula is C62H120O6. The predicted octanol–water partition coefficient (Wildman–Crippen LogP) is 20.6. The largest absolute Gasteiger partial charge is 0.462 e. The van der Waals surface area contributed by atoms with Crippen molar-refractivity contribution in [2.24, 2.45) is 5.92 Å². The molecule has 0 saturated carbocycles. The zero-order valence-corrected chi connectivity index (χ0v) is 46.6. The first-order valence-electron chi connectivity index (χ1n) is 30.9. The Balaban J connectivity index is 4.29. The van der Waals surface area contributed by atoms with E-state index in [4.69, 9.17) is 14.2 Å². The van der Waals surface area contributed by atoms with E-state index in [-0.39, 0.29) is 31.1 Å². The average Bonchev–Trinajstić information content (AvgIpc) is 3.32. The second-order valence-corrected chi connectivity index (χ2v) is 21.8. The molecule has 404 valence electrons. The Bertz CT molecular complexity index is 1030. The van der Waals surface area contributed by atoms with Gasteiger partial charge in [0.1, 0.15) is 13.2 Å². The van der Waals surface area contributed by atoms with Gasteiger partial charge in [-0.05, 0) is 25.2 Å². The highest BCUT2D eigenvalue weighted by atomic mass is 16.6. The highest BCUT2D eigenvalue weighted by Crippen LogP contribution is 2.18. The average molecular weight is 962 g/mol. The topological polar surface area (TPSA) is 78.9 Å². The maximum atomic E-state index is 12.9. The molecule has 0 bridgehead atoms. The van der Waals surface area contributed by atoms with Crippen LogP contribution in [0.5, 0.6) is 0 Å². The second-order valence-electron chi connectivity index (χ2n) is 21.8. The van der Waals surface area contributed by atoms with Gasteiger partial charge in [0, 0.05) is 19.3 Å². The van der Waals surface area contributed by atoms with Crippen LogP contribution in [-0.2, 0) is 28.6 Å². The van der Waals surface area contributed by atoms with Crippen LogP contribution in [0.25, 0.3) is 0 Å². The molecule has 0 spiro atoms. The number of carbonyl (C=O) groups is 3. The molecule has 0 aliphatic carbocycles. The summed E-state index contributed by atoms with van der Waals surface area (Å²) in [6, 6.07) is 0. The highest BCUT2D eigenvalue weighted by molar-refractivity contribution is 5.71. The molecule has 6 nitrogen and oxygen atoms in total. The lowest BCUT2D eigenvalue weighted by Crippen LogP contribution is -2.30. The molecule has 6 heteroatoms. The van der Waals surface area contributed by atoms with Crippen molar-refractivity contribution in [1.82, 2.24) is 0 Å². The van der Waals surface area contributed by atoms with Crippen LogP contribution in [0.15, 0.2) is 0 Å². The van der Waals surface area contributed by atoms with Crippen molar-refractivity contribution in [2.45, 2.75) is 361 Å². The van der Waals surface area contributed by atoms with Crippen molar-refractivity contribution in [3.63, 3.8) is 0 Å². The predicted molar refractivity (Wildman–Crippen MR) is 293 cm³/mol. The zero-order chi connectivity index (χ0) is 49.5. The lowest BCUT2D eigenvalue weighted by molar-refractivity contribution is -0.167. The van der Waals surface area contributed by atoms with E-state index in [1.165, 1.54) is 250 Å². The zero-order valence-electron chi connectivity index (χ0n) is 46.6. The van der Waals surface area contributed by atoms with E-state index in [0.29, 0.717) is 19.3 Å². The van der Waals surface area contributed by atoms with Gasteiger partial charge < -0.3 is 14.2 Å². The minimum Gasteiger partial charge on any atom is -0.462 e. The molecule has 0 N–H and O–H groups in total. The first-order valence-corrected chi connectivity index (χ1v) is 30.9. The van der Waals surface area contributed by atoms with E-state index in [1.807, 2.05) is 0 Å². The maximum absolute atomic E-state index is 12.9. The molecule has 1 atom stereocenters. The van der Waals surface area contributed by atoms with Crippen molar-refractivity contribution in [3.05, 3.63) is 0 Å². The molecule has 0 aliphatic rings. The molecule has 0 saturated heterocycles. The first kappa shape index (κ1) is 66.4. The Morgan fingerprint density at radius 3 is 0.721 bits per heavy atom. The molecule has 0 unspecified atom stereocenters. The lowest BCUT2D eigenvalue weighted by atomic mass is 10.0. The molecule has 0 heterocycles. The van der Waals surface area contributed by atoms with E-state index >= 15 is 0 Å². The number of esters is 3. The van der Waals surface area contributed by atoms with E-state index in [0.717, 1.165) is 63.7 Å². The highest BCUT2D eigenvalue weighted by Gasteiger charge is 2.19. The Morgan fingerprint density at radius 2 is 0.485 bits per heavy atom. The summed E-state index contributed by atoms with van der Waals surface area (Å²) in [6.45, 7) is 9.09. The summed E-state index contributed by atoms with van der Waals surface area (Å²) in [6.07, 6.45) is 62.4. The fourth-order valence-corrected chi connectivity index (χ4v) is 9.63. The molecule has 0 aromatic heterocycles. The first-order chi connectivity index (χ1) is 33.4. The number of hydrogen-bond acceptors (Lipinski definition) is 6. The number of hydrogen-bond donors (Lipinski definition) is 0. The van der Waals surface area contributed by atoms with Crippen LogP contribution < -0.4 is 0 Å². The Hall–Kier alpha value is -1.59. The standard InChI is InChI=1S/C62H120O6/c1-5-7-9-11-13-15-17-19-21-25-29-33-37-41-45-49-53-60(63)66-56-59(68-62(65)55-51-47-43-39-35-31-26-22-20-18-16-14-12-10-8-6-2)57-67-61(64)54-50-46-42-38-34-30-27-23-24-28-32-36-40-44-48-52-58(3)4/h58-59H,5-57H2,1-4H3/t59-/m0/s1. The van der Waals surface area contributed by atoms with Crippen LogP contribution in [0.3, 0.4) is 0 Å². The minimum absolute atomic E-state index is 0.0613. The number of ether oxygens (including phenoxy) is 3. The molecule has 0 fully saturated rings. The van der Waals surface area contributed by atoms with E-state index < -0.39 is 6.10 Å². The Kier molecular flexibility index (Phi) is 55.0. The quantitative estimate of drug-likeness (QED) is 0.0343. The van der Waals surface area contributed by atoms with Gasteiger partial charge in [0.15, 0.2) is 6.10 Å². The van der Waals surface area contributed by atoms with Gasteiger partial charge in [-0.2, -0.15) is 0 Å². The Morgan fingerprint density at radius 1 is 0.279 bits per heavy atom. The Labute approximate surface area is 425 Å². The molecule has 0 aliphatic heterocycles. The third-order valence-electron chi connectivity index (χ3n) is 14.3. The van der Waals surface area contributed by atoms with Gasteiger partial charge >= 0.3 is 17.9 Å².